The normalized spacial score (nSPS) is 21.1. The lowest BCUT2D eigenvalue weighted by Crippen LogP contribution is -2.48. The van der Waals surface area contributed by atoms with Crippen molar-refractivity contribution in [2.75, 3.05) is 20.2 Å². The molecule has 2 rings (SSSR count). The van der Waals surface area contributed by atoms with Gasteiger partial charge in [-0.2, -0.15) is 4.39 Å². The van der Waals surface area contributed by atoms with Crippen molar-refractivity contribution in [2.45, 2.75) is 19.4 Å². The third kappa shape index (κ3) is 2.26. The molecule has 1 aromatic rings. The summed E-state index contributed by atoms with van der Waals surface area (Å²) in [4.78, 5) is 5.85. The SMILES string of the molecule is Cc1cc(OC[C@H]2CCN2C)cnc1F. The molecule has 0 unspecified atom stereocenters. The fraction of sp³-hybridized carbons (Fsp3) is 0.545. The molecule has 1 atom stereocenters. The number of halogens is 1. The van der Waals surface area contributed by atoms with E-state index in [2.05, 4.69) is 16.9 Å². The number of hydrogen-bond donors (Lipinski definition) is 0. The average molecular weight is 210 g/mol. The lowest BCUT2D eigenvalue weighted by Gasteiger charge is -2.37. The van der Waals surface area contributed by atoms with Crippen LogP contribution in [0.15, 0.2) is 12.3 Å². The molecule has 3 nitrogen and oxygen atoms in total. The molecule has 1 saturated heterocycles. The van der Waals surface area contributed by atoms with E-state index in [0.717, 1.165) is 6.54 Å². The van der Waals surface area contributed by atoms with Crippen molar-refractivity contribution < 1.29 is 9.13 Å². The predicted molar refractivity (Wildman–Crippen MR) is 55.5 cm³/mol. The first kappa shape index (κ1) is 10.4. The molecule has 2 heterocycles. The van der Waals surface area contributed by atoms with Crippen molar-refractivity contribution in [3.63, 3.8) is 0 Å². The molecule has 1 aliphatic heterocycles. The van der Waals surface area contributed by atoms with Crippen LogP contribution in [0.5, 0.6) is 5.75 Å². The zero-order valence-electron chi connectivity index (χ0n) is 9.03. The maximum Gasteiger partial charge on any atom is 0.215 e. The van der Waals surface area contributed by atoms with Crippen LogP contribution in [-0.2, 0) is 0 Å². The summed E-state index contributed by atoms with van der Waals surface area (Å²) in [6.07, 6.45) is 2.60. The molecule has 82 valence electrons. The van der Waals surface area contributed by atoms with Gasteiger partial charge in [-0.05, 0) is 33.0 Å². The number of aryl methyl sites for hydroxylation is 1. The highest BCUT2D eigenvalue weighted by Crippen LogP contribution is 2.18. The van der Waals surface area contributed by atoms with Crippen LogP contribution in [0, 0.1) is 12.9 Å². The topological polar surface area (TPSA) is 25.4 Å². The van der Waals surface area contributed by atoms with E-state index in [-0.39, 0.29) is 0 Å². The maximum atomic E-state index is 12.9. The maximum absolute atomic E-state index is 12.9. The van der Waals surface area contributed by atoms with Gasteiger partial charge < -0.3 is 4.74 Å². The van der Waals surface area contributed by atoms with Gasteiger partial charge in [0.25, 0.3) is 0 Å². The zero-order chi connectivity index (χ0) is 10.8. The molecule has 0 N–H and O–H groups in total. The first-order valence-corrected chi connectivity index (χ1v) is 5.12. The summed E-state index contributed by atoms with van der Waals surface area (Å²) in [5.41, 5.74) is 0.523. The fourth-order valence-corrected chi connectivity index (χ4v) is 1.58. The van der Waals surface area contributed by atoms with Crippen LogP contribution in [0.2, 0.25) is 0 Å². The molecule has 15 heavy (non-hydrogen) atoms. The Hall–Kier alpha value is -1.16. The summed E-state index contributed by atoms with van der Waals surface area (Å²) in [6, 6.07) is 2.18. The number of likely N-dealkylation sites (N-methyl/N-ethyl adjacent to an activating group) is 1. The van der Waals surface area contributed by atoms with Crippen molar-refractivity contribution in [3.8, 4) is 5.75 Å². The highest BCUT2D eigenvalue weighted by Gasteiger charge is 2.24. The Morgan fingerprint density at radius 3 is 3.00 bits per heavy atom. The third-order valence-electron chi connectivity index (χ3n) is 2.87. The molecule has 0 radical (unpaired) electrons. The molecule has 1 fully saturated rings. The van der Waals surface area contributed by atoms with E-state index in [0.29, 0.717) is 24.0 Å². The van der Waals surface area contributed by atoms with Gasteiger partial charge in [0.05, 0.1) is 6.20 Å². The third-order valence-corrected chi connectivity index (χ3v) is 2.87. The molecule has 1 aromatic heterocycles. The molecule has 0 saturated carbocycles. The average Bonchev–Trinajstić information content (AvgIpc) is 2.21. The summed E-state index contributed by atoms with van der Waals surface area (Å²) < 4.78 is 18.4. The number of rotatable bonds is 3. The Morgan fingerprint density at radius 2 is 2.47 bits per heavy atom. The molecule has 0 aromatic carbocycles. The predicted octanol–water partition coefficient (Wildman–Crippen LogP) is 1.61. The summed E-state index contributed by atoms with van der Waals surface area (Å²) in [7, 11) is 2.08. The monoisotopic (exact) mass is 210 g/mol. The first-order chi connectivity index (χ1) is 7.16. The van der Waals surface area contributed by atoms with E-state index in [1.807, 2.05) is 0 Å². The van der Waals surface area contributed by atoms with Gasteiger partial charge in [0.2, 0.25) is 5.95 Å². The molecule has 0 spiro atoms. The summed E-state index contributed by atoms with van der Waals surface area (Å²) in [5, 5.41) is 0. The second-order valence-corrected chi connectivity index (χ2v) is 4.01. The van der Waals surface area contributed by atoms with Crippen LogP contribution < -0.4 is 4.74 Å². The van der Waals surface area contributed by atoms with E-state index in [4.69, 9.17) is 4.74 Å². The van der Waals surface area contributed by atoms with Crippen LogP contribution in [-0.4, -0.2) is 36.1 Å². The van der Waals surface area contributed by atoms with Gasteiger partial charge in [-0.25, -0.2) is 4.98 Å². The van der Waals surface area contributed by atoms with Crippen molar-refractivity contribution >= 4 is 0 Å². The minimum atomic E-state index is -0.428. The van der Waals surface area contributed by atoms with Gasteiger partial charge >= 0.3 is 0 Å². The first-order valence-electron chi connectivity index (χ1n) is 5.12. The van der Waals surface area contributed by atoms with E-state index < -0.39 is 5.95 Å². The minimum absolute atomic E-state index is 0.428. The van der Waals surface area contributed by atoms with Gasteiger partial charge in [-0.3, -0.25) is 4.90 Å². The van der Waals surface area contributed by atoms with Crippen LogP contribution in [0.1, 0.15) is 12.0 Å². The van der Waals surface area contributed by atoms with E-state index in [1.165, 1.54) is 12.6 Å². The molecule has 1 aliphatic rings. The van der Waals surface area contributed by atoms with Crippen molar-refractivity contribution in [1.29, 1.82) is 0 Å². The minimum Gasteiger partial charge on any atom is -0.490 e. The van der Waals surface area contributed by atoms with Crippen molar-refractivity contribution in [3.05, 3.63) is 23.8 Å². The van der Waals surface area contributed by atoms with E-state index in [1.54, 1.807) is 13.0 Å². The number of hydrogen-bond acceptors (Lipinski definition) is 3. The lowest BCUT2D eigenvalue weighted by atomic mass is 10.1. The molecular formula is C11H15FN2O. The largest absolute Gasteiger partial charge is 0.490 e. The second-order valence-electron chi connectivity index (χ2n) is 4.01. The van der Waals surface area contributed by atoms with Gasteiger partial charge in [0, 0.05) is 11.6 Å². The van der Waals surface area contributed by atoms with Crippen molar-refractivity contribution in [1.82, 2.24) is 9.88 Å². The molecular weight excluding hydrogens is 195 g/mol. The second kappa shape index (κ2) is 4.14. The van der Waals surface area contributed by atoms with Gasteiger partial charge in [-0.15, -0.1) is 0 Å². The lowest BCUT2D eigenvalue weighted by molar-refractivity contribution is 0.0766. The number of aromatic nitrogens is 1. The standard InChI is InChI=1S/C11H15FN2O/c1-8-5-10(6-13-11(8)12)15-7-9-3-4-14(9)2/h5-6,9H,3-4,7H2,1-2H3/t9-/m1/s1. The Bertz CT molecular complexity index is 356. The van der Waals surface area contributed by atoms with Gasteiger partial charge in [0.1, 0.15) is 12.4 Å². The Labute approximate surface area is 88.9 Å². The smallest absolute Gasteiger partial charge is 0.215 e. The quantitative estimate of drug-likeness (QED) is 0.709. The number of nitrogens with zero attached hydrogens (tertiary/aromatic N) is 2. The summed E-state index contributed by atoms with van der Waals surface area (Å²) in [6.45, 7) is 3.47. The molecule has 0 bridgehead atoms. The van der Waals surface area contributed by atoms with Crippen LogP contribution >= 0.6 is 0 Å². The number of likely N-dealkylation sites (tertiary alicyclic amines) is 1. The van der Waals surface area contributed by atoms with Gasteiger partial charge in [0.15, 0.2) is 0 Å². The summed E-state index contributed by atoms with van der Waals surface area (Å²) >= 11 is 0. The van der Waals surface area contributed by atoms with Crippen molar-refractivity contribution in [2.24, 2.45) is 0 Å². The highest BCUT2D eigenvalue weighted by molar-refractivity contribution is 5.23. The fourth-order valence-electron chi connectivity index (χ4n) is 1.58. The van der Waals surface area contributed by atoms with Crippen LogP contribution in [0.4, 0.5) is 4.39 Å². The zero-order valence-corrected chi connectivity index (χ0v) is 9.03. The summed E-state index contributed by atoms with van der Waals surface area (Å²) in [5.74, 6) is 0.220. The van der Waals surface area contributed by atoms with Crippen LogP contribution in [0.3, 0.4) is 0 Å². The molecule has 4 heteroatoms. The van der Waals surface area contributed by atoms with E-state index in [9.17, 15) is 4.39 Å². The van der Waals surface area contributed by atoms with Gasteiger partial charge in [-0.1, -0.05) is 0 Å². The Morgan fingerprint density at radius 1 is 1.67 bits per heavy atom. The Kier molecular flexibility index (Phi) is 2.86. The molecule has 0 amide bonds. The number of ether oxygens (including phenoxy) is 1. The number of pyridine rings is 1. The van der Waals surface area contributed by atoms with Crippen LogP contribution in [0.25, 0.3) is 0 Å². The Balaban J connectivity index is 1.90. The highest BCUT2D eigenvalue weighted by atomic mass is 19.1. The molecule has 0 aliphatic carbocycles. The van der Waals surface area contributed by atoms with E-state index >= 15 is 0 Å².